The van der Waals surface area contributed by atoms with E-state index in [1.54, 1.807) is 7.05 Å². The van der Waals surface area contributed by atoms with Gasteiger partial charge >= 0.3 is 6.09 Å². The third kappa shape index (κ3) is 5.76. The molecule has 0 aliphatic carbocycles. The summed E-state index contributed by atoms with van der Waals surface area (Å²) in [4.78, 5) is 13.7. The van der Waals surface area contributed by atoms with Crippen LogP contribution in [0.2, 0.25) is 18.1 Å². The Morgan fingerprint density at radius 2 is 1.41 bits per heavy atom. The van der Waals surface area contributed by atoms with Gasteiger partial charge in [0.15, 0.2) is 8.32 Å². The van der Waals surface area contributed by atoms with E-state index in [1.807, 2.05) is 34.6 Å². The van der Waals surface area contributed by atoms with Crippen LogP contribution in [0, 0.1) is 0 Å². The zero-order valence-corrected chi connectivity index (χ0v) is 17.4. The molecule has 130 valence electrons. The average Bonchev–Trinajstić information content (AvgIpc) is 2.21. The van der Waals surface area contributed by atoms with E-state index in [-0.39, 0.29) is 5.04 Å². The number of amides is 1. The van der Waals surface area contributed by atoms with E-state index in [1.165, 1.54) is 4.90 Å². The number of hydrogen-bond donors (Lipinski definition) is 0. The van der Waals surface area contributed by atoms with Crippen LogP contribution in [0.25, 0.3) is 0 Å². The molecule has 0 N–H and O–H groups in total. The second-order valence-corrected chi connectivity index (χ2v) is 13.6. The van der Waals surface area contributed by atoms with Crippen LogP contribution in [-0.2, 0) is 9.16 Å². The quantitative estimate of drug-likeness (QED) is 0.668. The van der Waals surface area contributed by atoms with Gasteiger partial charge < -0.3 is 9.16 Å². The molecule has 0 saturated heterocycles. The summed E-state index contributed by atoms with van der Waals surface area (Å²) >= 11 is 0. The molecule has 0 aromatic heterocycles. The van der Waals surface area contributed by atoms with Gasteiger partial charge in [0.05, 0.1) is 5.60 Å². The van der Waals surface area contributed by atoms with Crippen molar-refractivity contribution in [2.45, 2.75) is 84.7 Å². The van der Waals surface area contributed by atoms with Crippen LogP contribution in [-0.4, -0.2) is 37.6 Å². The van der Waals surface area contributed by atoms with Crippen molar-refractivity contribution in [2.24, 2.45) is 0 Å². The molecule has 22 heavy (non-hydrogen) atoms. The van der Waals surface area contributed by atoms with E-state index in [4.69, 9.17) is 9.16 Å². The normalized spacial score (nSPS) is 13.8. The number of carbonyl (C=O) groups is 1. The Balaban J connectivity index is 5.14. The van der Waals surface area contributed by atoms with E-state index in [0.717, 1.165) is 0 Å². The predicted molar refractivity (Wildman–Crippen MR) is 95.5 cm³/mol. The Morgan fingerprint density at radius 3 is 1.73 bits per heavy atom. The maximum absolute atomic E-state index is 12.2. The minimum Gasteiger partial charge on any atom is -0.443 e. The molecule has 0 aromatic rings. The van der Waals surface area contributed by atoms with Gasteiger partial charge in [-0.05, 0) is 52.8 Å². The van der Waals surface area contributed by atoms with E-state index in [9.17, 15) is 4.79 Å². The van der Waals surface area contributed by atoms with Crippen molar-refractivity contribution < 1.29 is 14.0 Å². The molecule has 0 unspecified atom stereocenters. The van der Waals surface area contributed by atoms with E-state index < -0.39 is 25.6 Å². The molecule has 0 aliphatic heterocycles. The predicted octanol–water partition coefficient (Wildman–Crippen LogP) is 5.17. The fourth-order valence-corrected chi connectivity index (χ4v) is 3.39. The maximum atomic E-state index is 12.2. The number of nitrogens with zero attached hydrogens (tertiary/aromatic N) is 1. The smallest absolute Gasteiger partial charge is 0.414 e. The van der Waals surface area contributed by atoms with Crippen LogP contribution >= 0.6 is 0 Å². The molecule has 0 fully saturated rings. The number of rotatable bonds is 4. The summed E-state index contributed by atoms with van der Waals surface area (Å²) in [5.74, 6) is 0. The summed E-state index contributed by atoms with van der Waals surface area (Å²) in [5, 5.41) is 0.0923. The monoisotopic (exact) mass is 329 g/mol. The molecule has 5 heteroatoms. The highest BCUT2D eigenvalue weighted by Crippen LogP contribution is 2.40. The highest BCUT2D eigenvalue weighted by atomic mass is 28.4. The first-order valence-corrected chi connectivity index (χ1v) is 10.7. The maximum Gasteiger partial charge on any atom is 0.414 e. The molecule has 1 amide bonds. The van der Waals surface area contributed by atoms with E-state index in [2.05, 4.69) is 40.4 Å². The Morgan fingerprint density at radius 1 is 1.00 bits per heavy atom. The molecule has 0 atom stereocenters. The highest BCUT2D eigenvalue weighted by molar-refractivity contribution is 6.74. The SMILES string of the molecule is C=C(N(C)C(=O)OC(C)(C)C)C(C)(C)O[Si](C)(C)C(C)(C)C. The van der Waals surface area contributed by atoms with Gasteiger partial charge in [-0.15, -0.1) is 0 Å². The number of ether oxygens (including phenoxy) is 1. The molecule has 0 heterocycles. The molecule has 0 bridgehead atoms. The Hall–Kier alpha value is -0.813. The van der Waals surface area contributed by atoms with Gasteiger partial charge in [-0.1, -0.05) is 27.4 Å². The lowest BCUT2D eigenvalue weighted by molar-refractivity contribution is 0.0245. The Bertz CT molecular complexity index is 428. The van der Waals surface area contributed by atoms with Gasteiger partial charge in [-0.2, -0.15) is 0 Å². The standard InChI is InChI=1S/C17H35NO3Si/c1-13(18(10)14(19)20-15(2,3)4)17(8,9)21-22(11,12)16(5,6)7/h1H2,2-12H3. The minimum atomic E-state index is -1.97. The van der Waals surface area contributed by atoms with Gasteiger partial charge in [0, 0.05) is 12.7 Å². The van der Waals surface area contributed by atoms with Crippen molar-refractivity contribution in [2.75, 3.05) is 7.05 Å². The van der Waals surface area contributed by atoms with E-state index in [0.29, 0.717) is 5.70 Å². The van der Waals surface area contributed by atoms with Crippen molar-refractivity contribution in [3.05, 3.63) is 12.3 Å². The highest BCUT2D eigenvalue weighted by Gasteiger charge is 2.43. The molecule has 0 saturated carbocycles. The first-order chi connectivity index (χ1) is 9.41. The molecular formula is C17H35NO3Si. The lowest BCUT2D eigenvalue weighted by Gasteiger charge is -2.44. The first-order valence-electron chi connectivity index (χ1n) is 7.77. The van der Waals surface area contributed by atoms with Crippen LogP contribution in [0.15, 0.2) is 12.3 Å². The summed E-state index contributed by atoms with van der Waals surface area (Å²) in [6.07, 6.45) is -0.413. The lowest BCUT2D eigenvalue weighted by atomic mass is 10.1. The van der Waals surface area contributed by atoms with Crippen molar-refractivity contribution in [1.29, 1.82) is 0 Å². The summed E-state index contributed by atoms with van der Waals surface area (Å²) in [5.41, 5.74) is -0.559. The Kier molecular flexibility index (Phi) is 6.12. The topological polar surface area (TPSA) is 38.8 Å². The van der Waals surface area contributed by atoms with Gasteiger partial charge in [0.2, 0.25) is 0 Å². The number of likely N-dealkylation sites (N-methyl/N-ethyl adjacent to an activating group) is 1. The van der Waals surface area contributed by atoms with Gasteiger partial charge in [0.25, 0.3) is 0 Å². The average molecular weight is 330 g/mol. The molecule has 0 rings (SSSR count). The largest absolute Gasteiger partial charge is 0.443 e. The molecule has 4 nitrogen and oxygen atoms in total. The lowest BCUT2D eigenvalue weighted by Crippen LogP contribution is -2.50. The van der Waals surface area contributed by atoms with Crippen LogP contribution < -0.4 is 0 Å². The van der Waals surface area contributed by atoms with Gasteiger partial charge in [-0.3, -0.25) is 4.90 Å². The van der Waals surface area contributed by atoms with Crippen LogP contribution in [0.4, 0.5) is 4.79 Å². The van der Waals surface area contributed by atoms with Crippen molar-refractivity contribution in [1.82, 2.24) is 4.90 Å². The molecule has 0 aromatic carbocycles. The van der Waals surface area contributed by atoms with Crippen LogP contribution in [0.5, 0.6) is 0 Å². The summed E-state index contributed by atoms with van der Waals surface area (Å²) in [7, 11) is -0.296. The summed E-state index contributed by atoms with van der Waals surface area (Å²) in [6, 6.07) is 0. The van der Waals surface area contributed by atoms with Gasteiger partial charge in [0.1, 0.15) is 5.60 Å². The van der Waals surface area contributed by atoms with Crippen molar-refractivity contribution >= 4 is 14.4 Å². The minimum absolute atomic E-state index is 0.0923. The first kappa shape index (κ1) is 21.2. The fraction of sp³-hybridized carbons (Fsp3) is 0.824. The zero-order valence-electron chi connectivity index (χ0n) is 16.4. The van der Waals surface area contributed by atoms with Crippen LogP contribution in [0.1, 0.15) is 55.4 Å². The second kappa shape index (κ2) is 6.36. The summed E-state index contributed by atoms with van der Waals surface area (Å²) < 4.78 is 11.8. The summed E-state index contributed by atoms with van der Waals surface area (Å²) in [6.45, 7) is 24.5. The fourth-order valence-electron chi connectivity index (χ4n) is 1.69. The third-order valence-electron chi connectivity index (χ3n) is 4.08. The molecular weight excluding hydrogens is 294 g/mol. The molecule has 0 radical (unpaired) electrons. The molecule has 0 aliphatic rings. The Labute approximate surface area is 138 Å². The second-order valence-electron chi connectivity index (χ2n) is 8.86. The van der Waals surface area contributed by atoms with Crippen molar-refractivity contribution in [3.8, 4) is 0 Å². The molecule has 0 spiro atoms. The number of carbonyl (C=O) groups excluding carboxylic acids is 1. The van der Waals surface area contributed by atoms with Gasteiger partial charge in [-0.25, -0.2) is 4.79 Å². The third-order valence-corrected chi connectivity index (χ3v) is 8.72. The number of hydrogen-bond acceptors (Lipinski definition) is 3. The van der Waals surface area contributed by atoms with Crippen LogP contribution in [0.3, 0.4) is 0 Å². The van der Waals surface area contributed by atoms with Crippen molar-refractivity contribution in [3.63, 3.8) is 0 Å². The van der Waals surface area contributed by atoms with E-state index >= 15 is 0 Å². The zero-order chi connectivity index (χ0) is 18.1.